The van der Waals surface area contributed by atoms with E-state index in [2.05, 4.69) is 34.6 Å². The van der Waals surface area contributed by atoms with Gasteiger partial charge in [0.1, 0.15) is 19.3 Å². The van der Waals surface area contributed by atoms with Crippen molar-refractivity contribution in [2.45, 2.75) is 502 Å². The zero-order valence-electron chi connectivity index (χ0n) is 71.0. The third kappa shape index (κ3) is 82.1. The van der Waals surface area contributed by atoms with Gasteiger partial charge in [-0.1, -0.05) is 433 Å². The van der Waals surface area contributed by atoms with Crippen LogP contribution in [0.5, 0.6) is 0 Å². The van der Waals surface area contributed by atoms with Crippen molar-refractivity contribution < 1.29 is 80.2 Å². The molecule has 0 aliphatic carbocycles. The maximum Gasteiger partial charge on any atom is 0.472 e. The van der Waals surface area contributed by atoms with Crippen LogP contribution < -0.4 is 0 Å². The Morgan fingerprint density at radius 3 is 0.630 bits per heavy atom. The van der Waals surface area contributed by atoms with Gasteiger partial charge in [-0.05, 0) is 31.6 Å². The summed E-state index contributed by atoms with van der Waals surface area (Å²) in [5.74, 6) is -1.35. The maximum atomic E-state index is 13.2. The lowest BCUT2D eigenvalue weighted by Crippen LogP contribution is -2.30. The van der Waals surface area contributed by atoms with Crippen LogP contribution in [0.15, 0.2) is 0 Å². The summed E-state index contributed by atoms with van der Waals surface area (Å²) in [5.41, 5.74) is 0. The highest BCUT2D eigenvalue weighted by molar-refractivity contribution is 7.47. The van der Waals surface area contributed by atoms with E-state index in [1.807, 2.05) is 0 Å². The van der Waals surface area contributed by atoms with Gasteiger partial charge in [0, 0.05) is 25.7 Å². The molecule has 0 heterocycles. The highest BCUT2D eigenvalue weighted by atomic mass is 31.2. The zero-order chi connectivity index (χ0) is 79.0. The molecule has 19 heteroatoms. The van der Waals surface area contributed by atoms with Gasteiger partial charge in [-0.25, -0.2) is 9.13 Å². The molecule has 0 bridgehead atoms. The third-order valence-electron chi connectivity index (χ3n) is 21.0. The summed E-state index contributed by atoms with van der Waals surface area (Å²) in [6.45, 7) is 7.37. The second-order valence-corrected chi connectivity index (χ2v) is 35.4. The Morgan fingerprint density at radius 1 is 0.250 bits per heavy atom. The van der Waals surface area contributed by atoms with Crippen LogP contribution in [0.25, 0.3) is 0 Å². The summed E-state index contributed by atoms with van der Waals surface area (Å²) in [6, 6.07) is 0. The number of esters is 4. The smallest absolute Gasteiger partial charge is 0.462 e. The molecule has 642 valence electrons. The number of phosphoric ester groups is 2. The van der Waals surface area contributed by atoms with E-state index in [1.165, 1.54) is 308 Å². The molecule has 0 aromatic heterocycles. The molecule has 0 aliphatic rings. The Labute approximate surface area is 664 Å². The van der Waals surface area contributed by atoms with Crippen molar-refractivity contribution in [3.63, 3.8) is 0 Å². The van der Waals surface area contributed by atoms with Crippen LogP contribution in [0.4, 0.5) is 0 Å². The summed E-state index contributed by atoms with van der Waals surface area (Å²) >= 11 is 0. The first-order valence-corrected chi connectivity index (χ1v) is 49.1. The largest absolute Gasteiger partial charge is 0.472 e. The van der Waals surface area contributed by atoms with E-state index in [9.17, 15) is 43.2 Å². The SMILES string of the molecule is CCCCCCCCCCCCCCCCCCCCCCCC(=O)O[C@H](COC(=O)CCCCCCCCCCCCCCCCCCCC)COP(=O)(O)OC[C@@H](O)COP(=O)(O)OC[C@@H](COC(=O)CCCCCCCCCCCC(C)C)OC(=O)CCCCCCCCCCCCCCCCCCC. The lowest BCUT2D eigenvalue weighted by molar-refractivity contribution is -0.161. The summed E-state index contributed by atoms with van der Waals surface area (Å²) in [6.07, 6.45) is 76.4. The van der Waals surface area contributed by atoms with E-state index < -0.39 is 97.5 Å². The molecule has 0 rings (SSSR count). The van der Waals surface area contributed by atoms with E-state index in [0.29, 0.717) is 25.7 Å². The van der Waals surface area contributed by atoms with Crippen LogP contribution in [0, 0.1) is 5.92 Å². The van der Waals surface area contributed by atoms with Gasteiger partial charge in [0.05, 0.1) is 26.4 Å². The number of carbonyl (C=O) groups is 4. The predicted molar refractivity (Wildman–Crippen MR) is 446 cm³/mol. The van der Waals surface area contributed by atoms with Gasteiger partial charge in [-0.3, -0.25) is 37.3 Å². The second-order valence-electron chi connectivity index (χ2n) is 32.5. The van der Waals surface area contributed by atoms with E-state index in [1.54, 1.807) is 0 Å². The minimum atomic E-state index is -4.97. The highest BCUT2D eigenvalue weighted by Gasteiger charge is 2.30. The highest BCUT2D eigenvalue weighted by Crippen LogP contribution is 2.45. The van der Waals surface area contributed by atoms with Crippen molar-refractivity contribution in [3.8, 4) is 0 Å². The van der Waals surface area contributed by atoms with E-state index in [4.69, 9.17) is 37.0 Å². The Bertz CT molecular complexity index is 2050. The zero-order valence-corrected chi connectivity index (χ0v) is 72.8. The number of phosphoric acid groups is 2. The monoisotopic (exact) mass is 1580 g/mol. The summed E-state index contributed by atoms with van der Waals surface area (Å²) < 4.78 is 69.0. The Kier molecular flexibility index (Phi) is 80.2. The molecule has 0 fully saturated rings. The summed E-state index contributed by atoms with van der Waals surface area (Å²) in [4.78, 5) is 73.4. The standard InChI is InChI=1S/C89H174O17P2/c1-6-9-12-15-18-21-24-27-30-33-35-36-37-40-43-46-49-54-60-65-70-75-88(93)105-84(78-99-86(91)72-67-62-57-52-47-44-41-39-34-31-28-25-22-19-16-13-10-7-2)80-103-107(95,96)101-76-83(90)77-102-108(97,98)104-81-85(79-100-87(92)73-68-63-58-55-50-51-56-61-66-71-82(4)5)106-89(94)74-69-64-59-53-48-45-42-38-32-29-26-23-20-17-14-11-8-3/h82-85,90H,6-81H2,1-5H3,(H,95,96)(H,97,98)/t83-,84-,85-/m1/s1. The first-order chi connectivity index (χ1) is 52.5. The average molecular weight is 1580 g/mol. The Morgan fingerprint density at radius 2 is 0.426 bits per heavy atom. The molecule has 0 saturated heterocycles. The molecular formula is C89H174O17P2. The van der Waals surface area contributed by atoms with E-state index >= 15 is 0 Å². The number of unbranched alkanes of at least 4 members (excludes halogenated alkanes) is 61. The maximum absolute atomic E-state index is 13.2. The molecule has 17 nitrogen and oxygen atoms in total. The number of hydrogen-bond acceptors (Lipinski definition) is 15. The molecule has 0 aromatic rings. The minimum Gasteiger partial charge on any atom is -0.462 e. The van der Waals surface area contributed by atoms with Gasteiger partial charge < -0.3 is 33.8 Å². The minimum absolute atomic E-state index is 0.109. The van der Waals surface area contributed by atoms with Crippen molar-refractivity contribution >= 4 is 39.5 Å². The van der Waals surface area contributed by atoms with Crippen molar-refractivity contribution in [1.29, 1.82) is 0 Å². The fraction of sp³-hybridized carbons (Fsp3) is 0.955. The number of rotatable bonds is 89. The molecule has 0 spiro atoms. The van der Waals surface area contributed by atoms with Gasteiger partial charge >= 0.3 is 39.5 Å². The van der Waals surface area contributed by atoms with Gasteiger partial charge in [0.25, 0.3) is 0 Å². The molecule has 0 aliphatic heterocycles. The number of aliphatic hydroxyl groups is 1. The normalized spacial score (nSPS) is 13.7. The van der Waals surface area contributed by atoms with Gasteiger partial charge in [0.2, 0.25) is 0 Å². The van der Waals surface area contributed by atoms with Crippen LogP contribution in [-0.4, -0.2) is 96.7 Å². The first kappa shape index (κ1) is 106. The fourth-order valence-corrected chi connectivity index (χ4v) is 15.6. The van der Waals surface area contributed by atoms with E-state index in [-0.39, 0.29) is 25.7 Å². The average Bonchev–Trinajstić information content (AvgIpc) is 0.900. The number of carbonyl (C=O) groups excluding carboxylic acids is 4. The predicted octanol–water partition coefficient (Wildman–Crippen LogP) is 27.5. The van der Waals surface area contributed by atoms with Crippen LogP contribution in [-0.2, 0) is 65.4 Å². The molecule has 0 radical (unpaired) electrons. The lowest BCUT2D eigenvalue weighted by Gasteiger charge is -2.21. The molecule has 0 amide bonds. The van der Waals surface area contributed by atoms with Gasteiger partial charge in [-0.15, -0.1) is 0 Å². The molecule has 5 atom stereocenters. The molecule has 0 saturated carbocycles. The number of hydrogen-bond donors (Lipinski definition) is 3. The molecule has 3 N–H and O–H groups in total. The topological polar surface area (TPSA) is 237 Å². The molecular weight excluding hydrogens is 1400 g/mol. The summed E-state index contributed by atoms with van der Waals surface area (Å²) in [5, 5.41) is 10.7. The van der Waals surface area contributed by atoms with Crippen LogP contribution >= 0.6 is 15.6 Å². The van der Waals surface area contributed by atoms with Gasteiger partial charge in [-0.2, -0.15) is 0 Å². The molecule has 108 heavy (non-hydrogen) atoms. The van der Waals surface area contributed by atoms with Crippen LogP contribution in [0.2, 0.25) is 0 Å². The fourth-order valence-electron chi connectivity index (χ4n) is 14.0. The van der Waals surface area contributed by atoms with Crippen LogP contribution in [0.1, 0.15) is 484 Å². The number of aliphatic hydroxyl groups excluding tert-OH is 1. The number of ether oxygens (including phenoxy) is 4. The summed E-state index contributed by atoms with van der Waals surface area (Å²) in [7, 11) is -9.93. The van der Waals surface area contributed by atoms with Crippen molar-refractivity contribution in [2.75, 3.05) is 39.6 Å². The van der Waals surface area contributed by atoms with Gasteiger partial charge in [0.15, 0.2) is 12.2 Å². The van der Waals surface area contributed by atoms with Crippen molar-refractivity contribution in [2.24, 2.45) is 5.92 Å². The molecule has 2 unspecified atom stereocenters. The third-order valence-corrected chi connectivity index (χ3v) is 22.9. The van der Waals surface area contributed by atoms with E-state index in [0.717, 1.165) is 95.8 Å². The lowest BCUT2D eigenvalue weighted by atomic mass is 10.0. The molecule has 0 aromatic carbocycles. The Balaban J connectivity index is 5.25. The first-order valence-electron chi connectivity index (χ1n) is 46.1. The van der Waals surface area contributed by atoms with Crippen molar-refractivity contribution in [3.05, 3.63) is 0 Å². The second kappa shape index (κ2) is 81.6. The quantitative estimate of drug-likeness (QED) is 0.0222. The van der Waals surface area contributed by atoms with Crippen LogP contribution in [0.3, 0.4) is 0 Å². The Hall–Kier alpha value is -1.94. The van der Waals surface area contributed by atoms with Crippen molar-refractivity contribution in [1.82, 2.24) is 0 Å².